The van der Waals surface area contributed by atoms with Crippen LogP contribution in [0.25, 0.3) is 0 Å². The second kappa shape index (κ2) is 24.2. The number of likely N-dealkylation sites (tertiary alicyclic amines) is 1. The molecule has 2 aromatic rings. The van der Waals surface area contributed by atoms with Crippen molar-refractivity contribution in [3.05, 3.63) is 60.2 Å². The van der Waals surface area contributed by atoms with Crippen molar-refractivity contribution in [3.63, 3.8) is 0 Å². The highest BCUT2D eigenvalue weighted by atomic mass is 16.5. The number of anilines is 2. The van der Waals surface area contributed by atoms with E-state index in [2.05, 4.69) is 21.3 Å². The highest BCUT2D eigenvalue weighted by molar-refractivity contribution is 5.98. The zero-order valence-corrected chi connectivity index (χ0v) is 39.0. The Morgan fingerprint density at radius 2 is 1.43 bits per heavy atom. The van der Waals surface area contributed by atoms with Gasteiger partial charge < -0.3 is 40.5 Å². The van der Waals surface area contributed by atoms with E-state index in [1.165, 1.54) is 0 Å². The maximum atomic E-state index is 14.4. The molecule has 14 nitrogen and oxygen atoms in total. The van der Waals surface area contributed by atoms with Gasteiger partial charge in [0.05, 0.1) is 42.7 Å². The van der Waals surface area contributed by atoms with Crippen LogP contribution in [-0.2, 0) is 39.9 Å². The lowest BCUT2D eigenvalue weighted by Crippen LogP contribution is -2.59. The van der Waals surface area contributed by atoms with E-state index in [-0.39, 0.29) is 60.1 Å². The average Bonchev–Trinajstić information content (AvgIpc) is 3.72. The van der Waals surface area contributed by atoms with Gasteiger partial charge in [0, 0.05) is 52.7 Å². The summed E-state index contributed by atoms with van der Waals surface area (Å²) >= 11 is 0. The molecular formula is C47H75N7O7. The van der Waals surface area contributed by atoms with Crippen molar-refractivity contribution in [1.29, 1.82) is 0 Å². The summed E-state index contributed by atoms with van der Waals surface area (Å²) in [5.41, 5.74) is 2.39. The van der Waals surface area contributed by atoms with Crippen molar-refractivity contribution >= 4 is 40.9 Å². The number of benzene rings is 2. The first-order chi connectivity index (χ1) is 28.9. The summed E-state index contributed by atoms with van der Waals surface area (Å²) in [6.45, 7) is 14.1. The fourth-order valence-electron chi connectivity index (χ4n) is 8.72. The quantitative estimate of drug-likeness (QED) is 0.120. The molecule has 0 radical (unpaired) electrons. The van der Waals surface area contributed by atoms with Gasteiger partial charge in [0.15, 0.2) is 0 Å². The van der Waals surface area contributed by atoms with Gasteiger partial charge in [-0.05, 0) is 74.5 Å². The predicted octanol–water partition coefficient (Wildman–Crippen LogP) is 5.04. The Balaban J connectivity index is 1.81. The number of likely N-dealkylation sites (N-methyl/N-ethyl adjacent to an activating group) is 2. The second-order valence-corrected chi connectivity index (χ2v) is 17.5. The van der Waals surface area contributed by atoms with Gasteiger partial charge in [-0.25, -0.2) is 0 Å². The number of nitrogens with one attached hydrogen (secondary N) is 4. The number of nitrogens with zero attached hydrogens (tertiary/aromatic N) is 3. The SMILES string of the molecule is CC[C@H](C)[C@@H]([C@@H](CC(=O)N1CCC[C@H]1[C@H](OC)[C@@H](C)C(=O)N[C@@H](Cc1ccccc1)C(=O)Nc1ccc(NC)cc1)OC)N(C)C(=O)[C@@H](NC(=O)[C@H](C(C)C)N(C)C)C(C)C. The zero-order valence-electron chi connectivity index (χ0n) is 39.0. The van der Waals surface area contributed by atoms with Crippen molar-refractivity contribution < 1.29 is 33.4 Å². The summed E-state index contributed by atoms with van der Waals surface area (Å²) in [7, 11) is 10.4. The van der Waals surface area contributed by atoms with Crippen molar-refractivity contribution in [2.24, 2.45) is 23.7 Å². The molecule has 1 fully saturated rings. The Labute approximate surface area is 365 Å². The van der Waals surface area contributed by atoms with Crippen molar-refractivity contribution in [2.45, 2.75) is 123 Å². The normalized spacial score (nSPS) is 18.1. The molecule has 0 spiro atoms. The van der Waals surface area contributed by atoms with Crippen LogP contribution in [0.1, 0.15) is 79.7 Å². The third-order valence-electron chi connectivity index (χ3n) is 12.3. The number of amides is 5. The third kappa shape index (κ3) is 13.7. The van der Waals surface area contributed by atoms with E-state index in [1.807, 2.05) is 110 Å². The first kappa shape index (κ1) is 50.8. The number of ether oxygens (including phenoxy) is 2. The van der Waals surface area contributed by atoms with E-state index in [0.29, 0.717) is 18.7 Å². The molecule has 0 unspecified atom stereocenters. The zero-order chi connectivity index (χ0) is 45.6. The van der Waals surface area contributed by atoms with E-state index in [1.54, 1.807) is 50.1 Å². The lowest BCUT2D eigenvalue weighted by Gasteiger charge is -2.41. The number of carbonyl (C=O) groups is 5. The van der Waals surface area contributed by atoms with Crippen LogP contribution in [-0.4, -0.2) is 136 Å². The van der Waals surface area contributed by atoms with E-state index >= 15 is 0 Å². The molecule has 61 heavy (non-hydrogen) atoms. The molecule has 1 aliphatic rings. The monoisotopic (exact) mass is 850 g/mol. The molecule has 3 rings (SSSR count). The first-order valence-electron chi connectivity index (χ1n) is 21.9. The van der Waals surface area contributed by atoms with Gasteiger partial charge in [0.2, 0.25) is 29.5 Å². The fourth-order valence-corrected chi connectivity index (χ4v) is 8.72. The molecule has 2 aromatic carbocycles. The Morgan fingerprint density at radius 1 is 0.803 bits per heavy atom. The lowest BCUT2D eigenvalue weighted by molar-refractivity contribution is -0.148. The standard InChI is InChI=1S/C47H75N7O7/c1-14-31(6)42(53(11)47(59)40(29(2)3)51-46(58)41(30(4)5)52(9)10)38(60-12)28-39(55)54-26-18-21-37(54)43(61-13)32(7)44(56)50-36(27-33-19-16-15-17-20-33)45(57)49-35-24-22-34(48-8)23-25-35/h15-17,19-20,22-25,29-32,36-38,40-43,48H,14,18,21,26-28H2,1-13H3,(H,49,57)(H,50,56)(H,51,58)/t31-,32+,36-,37-,38+,40-,41-,42-,43+/m0/s1. The molecule has 9 atom stereocenters. The summed E-state index contributed by atoms with van der Waals surface area (Å²) in [5.74, 6) is -2.25. The summed E-state index contributed by atoms with van der Waals surface area (Å²) in [4.78, 5) is 75.3. The number of carbonyl (C=O) groups excluding carboxylic acids is 5. The molecule has 1 heterocycles. The van der Waals surface area contributed by atoms with Crippen LogP contribution in [0, 0.1) is 23.7 Å². The van der Waals surface area contributed by atoms with E-state index in [9.17, 15) is 24.0 Å². The van der Waals surface area contributed by atoms with Crippen LogP contribution in [0.2, 0.25) is 0 Å². The van der Waals surface area contributed by atoms with Gasteiger partial charge in [-0.3, -0.25) is 28.9 Å². The Kier molecular flexibility index (Phi) is 20.2. The fraction of sp³-hybridized carbons (Fsp3) is 0.638. The number of methoxy groups -OCH3 is 2. The van der Waals surface area contributed by atoms with Crippen LogP contribution in [0.5, 0.6) is 0 Å². The van der Waals surface area contributed by atoms with Gasteiger partial charge >= 0.3 is 0 Å². The Bertz CT molecular complexity index is 1700. The molecule has 5 amide bonds. The molecule has 0 saturated carbocycles. The Hall–Kier alpha value is -4.53. The average molecular weight is 850 g/mol. The molecule has 1 aliphatic heterocycles. The number of hydrogen-bond donors (Lipinski definition) is 4. The minimum Gasteiger partial charge on any atom is -0.388 e. The van der Waals surface area contributed by atoms with Crippen molar-refractivity contribution in [3.8, 4) is 0 Å². The van der Waals surface area contributed by atoms with Gasteiger partial charge in [-0.1, -0.05) is 85.2 Å². The van der Waals surface area contributed by atoms with Crippen LogP contribution >= 0.6 is 0 Å². The number of rotatable bonds is 23. The van der Waals surface area contributed by atoms with Crippen molar-refractivity contribution in [2.75, 3.05) is 59.6 Å². The summed E-state index contributed by atoms with van der Waals surface area (Å²) in [6, 6.07) is 13.9. The summed E-state index contributed by atoms with van der Waals surface area (Å²) in [5, 5.41) is 12.1. The van der Waals surface area contributed by atoms with Gasteiger partial charge in [-0.2, -0.15) is 0 Å². The van der Waals surface area contributed by atoms with Crippen molar-refractivity contribution in [1.82, 2.24) is 25.3 Å². The van der Waals surface area contributed by atoms with Crippen LogP contribution in [0.4, 0.5) is 11.4 Å². The highest BCUT2D eigenvalue weighted by Gasteiger charge is 2.43. The molecule has 14 heteroatoms. The smallest absolute Gasteiger partial charge is 0.247 e. The van der Waals surface area contributed by atoms with E-state index in [4.69, 9.17) is 9.47 Å². The maximum Gasteiger partial charge on any atom is 0.247 e. The largest absolute Gasteiger partial charge is 0.388 e. The molecule has 340 valence electrons. The maximum absolute atomic E-state index is 14.4. The first-order valence-corrected chi connectivity index (χ1v) is 21.9. The minimum atomic E-state index is -0.881. The number of hydrogen-bond acceptors (Lipinski definition) is 9. The van der Waals surface area contributed by atoms with Gasteiger partial charge in [-0.15, -0.1) is 0 Å². The van der Waals surface area contributed by atoms with Crippen LogP contribution in [0.3, 0.4) is 0 Å². The van der Waals surface area contributed by atoms with Gasteiger partial charge in [0.25, 0.3) is 0 Å². The molecule has 0 bridgehead atoms. The molecule has 0 aliphatic carbocycles. The van der Waals surface area contributed by atoms with Gasteiger partial charge in [0.1, 0.15) is 12.1 Å². The molecule has 4 N–H and O–H groups in total. The summed E-state index contributed by atoms with van der Waals surface area (Å²) < 4.78 is 12.1. The van der Waals surface area contributed by atoms with E-state index < -0.39 is 48.3 Å². The third-order valence-corrected chi connectivity index (χ3v) is 12.3. The molecule has 0 aromatic heterocycles. The Morgan fingerprint density at radius 3 is 1.95 bits per heavy atom. The van der Waals surface area contributed by atoms with Crippen LogP contribution < -0.4 is 21.3 Å². The van der Waals surface area contributed by atoms with Crippen LogP contribution in [0.15, 0.2) is 54.6 Å². The van der Waals surface area contributed by atoms with E-state index in [0.717, 1.165) is 24.1 Å². The topological polar surface area (TPSA) is 162 Å². The lowest BCUT2D eigenvalue weighted by atomic mass is 9.89. The molecular weight excluding hydrogens is 775 g/mol. The predicted molar refractivity (Wildman–Crippen MR) is 242 cm³/mol. The summed E-state index contributed by atoms with van der Waals surface area (Å²) in [6.07, 6.45) is 1.03. The minimum absolute atomic E-state index is 0.0000143. The second-order valence-electron chi connectivity index (χ2n) is 17.5. The molecule has 1 saturated heterocycles. The highest BCUT2D eigenvalue weighted by Crippen LogP contribution is 2.30.